The van der Waals surface area contributed by atoms with Gasteiger partial charge in [-0.2, -0.15) is 0 Å². The summed E-state index contributed by atoms with van der Waals surface area (Å²) in [5, 5.41) is 14.3. The second-order valence-electron chi connectivity index (χ2n) is 6.64. The van der Waals surface area contributed by atoms with Crippen LogP contribution in [-0.2, 0) is 11.8 Å². The molecule has 29 heavy (non-hydrogen) atoms. The van der Waals surface area contributed by atoms with Crippen LogP contribution in [-0.4, -0.2) is 11.6 Å². The molecule has 0 aliphatic carbocycles. The zero-order valence-electron chi connectivity index (χ0n) is 16.8. The van der Waals surface area contributed by atoms with Crippen LogP contribution in [0.2, 0.25) is 0 Å². The Morgan fingerprint density at radius 3 is 2.21 bits per heavy atom. The molecule has 0 fully saturated rings. The Morgan fingerprint density at radius 2 is 1.59 bits per heavy atom. The quantitative estimate of drug-likeness (QED) is 0.260. The molecule has 4 rings (SSSR count). The van der Waals surface area contributed by atoms with E-state index in [9.17, 15) is 5.11 Å². The van der Waals surface area contributed by atoms with Crippen LogP contribution in [0.25, 0.3) is 0 Å². The van der Waals surface area contributed by atoms with Crippen LogP contribution < -0.4 is 4.74 Å². The third-order valence-electron chi connectivity index (χ3n) is 4.84. The monoisotopic (exact) mass is 556 g/mol. The van der Waals surface area contributed by atoms with Crippen molar-refractivity contribution in [2.45, 2.75) is 30.1 Å². The van der Waals surface area contributed by atoms with Crippen molar-refractivity contribution in [3.8, 4) is 17.2 Å². The van der Waals surface area contributed by atoms with E-state index in [1.54, 1.807) is 36.0 Å². The molecule has 0 aromatic heterocycles. The topological polar surface area (TPSA) is 49.7 Å². The molecule has 150 valence electrons. The predicted molar refractivity (Wildman–Crippen MR) is 132 cm³/mol. The standard InChI is InChI=1S/C22H20O3S.IPS/c1-13-3-12-19-20(14(13)2)25-21(15-4-8-17(23)9-5-15)22(26-19)16-6-10-18(24)11-7-16;1-2-3/h3-12,21-24H,1-2H3;/t21-,22+;/m1./s1/i/hT. The number of hydrogen-bond acceptors (Lipinski definition) is 5. The highest BCUT2D eigenvalue weighted by atomic mass is 127. The van der Waals surface area contributed by atoms with E-state index in [-0.39, 0.29) is 17.1 Å². The van der Waals surface area contributed by atoms with Gasteiger partial charge in [0.2, 0.25) is 0 Å². The van der Waals surface area contributed by atoms with Crippen molar-refractivity contribution in [1.29, 1.82) is 1.43 Å². The first-order chi connectivity index (χ1) is 14.5. The van der Waals surface area contributed by atoms with Gasteiger partial charge in [-0.05, 0) is 100 Å². The van der Waals surface area contributed by atoms with Gasteiger partial charge >= 0.3 is 0 Å². The minimum absolute atomic E-state index is 0.0453. The summed E-state index contributed by atoms with van der Waals surface area (Å²) >= 11 is 8.21. The van der Waals surface area contributed by atoms with E-state index in [2.05, 4.69) is 64.9 Å². The number of phenolic OH excluding ortho intramolecular Hbond substituents is 2. The number of thioether (sulfide) groups is 1. The molecule has 2 atom stereocenters. The summed E-state index contributed by atoms with van der Waals surface area (Å²) in [6.45, 7) is 4.17. The summed E-state index contributed by atoms with van der Waals surface area (Å²) in [6.07, 6.45) is -0.189. The zero-order valence-corrected chi connectivity index (χ0v) is 20.5. The molecule has 3 aromatic rings. The third kappa shape index (κ3) is 5.23. The van der Waals surface area contributed by atoms with Gasteiger partial charge in [-0.15, -0.1) is 11.8 Å². The van der Waals surface area contributed by atoms with Crippen molar-refractivity contribution in [2.75, 3.05) is 0 Å². The Labute approximate surface area is 196 Å². The fourth-order valence-electron chi connectivity index (χ4n) is 3.20. The van der Waals surface area contributed by atoms with E-state index in [1.807, 2.05) is 24.3 Å². The maximum Gasteiger partial charge on any atom is 0.293 e. The summed E-state index contributed by atoms with van der Waals surface area (Å²) in [5.74, 6) is 1.68. The number of rotatable bonds is 3. The minimum atomic E-state index is -0.189. The number of aryl methyl sites for hydroxylation is 1. The Hall–Kier alpha value is -1.34. The van der Waals surface area contributed by atoms with Gasteiger partial charge in [0.05, 0.1) is 10.1 Å². The largest absolute Gasteiger partial charge is 0.508 e. The summed E-state index contributed by atoms with van der Waals surface area (Å²) in [5.41, 5.74) is 4.47. The minimum Gasteiger partial charge on any atom is -0.508 e. The SMILES string of the molecule is S=PI.[3H]Oc1ccc([C@@H]2Sc3ccc(C)c(C)c3O[C@@H]2c2ccc(O)cc2)cc1. The lowest BCUT2D eigenvalue weighted by molar-refractivity contribution is 0.189. The molecule has 0 spiro atoms. The van der Waals surface area contributed by atoms with Gasteiger partial charge in [0.1, 0.15) is 23.4 Å². The van der Waals surface area contributed by atoms with Crippen molar-refractivity contribution in [1.82, 2.24) is 0 Å². The molecule has 0 unspecified atom stereocenters. The average molecular weight is 556 g/mol. The van der Waals surface area contributed by atoms with Gasteiger partial charge in [0.15, 0.2) is 0 Å². The normalized spacial score (nSPS) is 18.0. The van der Waals surface area contributed by atoms with Crippen LogP contribution in [0.15, 0.2) is 65.6 Å². The first kappa shape index (κ1) is 20.9. The fraction of sp³-hybridized carbons (Fsp3) is 0.182. The number of ether oxygens (including phenoxy) is 1. The number of phenols is 2. The summed E-state index contributed by atoms with van der Waals surface area (Å²) < 4.78 is 13.6. The van der Waals surface area contributed by atoms with Gasteiger partial charge < -0.3 is 15.0 Å². The summed E-state index contributed by atoms with van der Waals surface area (Å²) in [7, 11) is 0. The molecule has 1 heterocycles. The van der Waals surface area contributed by atoms with Gasteiger partial charge in [-0.25, -0.2) is 0 Å². The molecule has 0 saturated carbocycles. The lowest BCUT2D eigenvalue weighted by Crippen LogP contribution is -2.20. The molecule has 2 N–H and O–H groups in total. The number of benzene rings is 3. The van der Waals surface area contributed by atoms with Gasteiger partial charge in [0, 0.05) is 5.00 Å². The van der Waals surface area contributed by atoms with Crippen LogP contribution >= 0.6 is 38.8 Å². The first-order valence-corrected chi connectivity index (χ1v) is 14.4. The van der Waals surface area contributed by atoms with E-state index < -0.39 is 0 Å². The Balaban J connectivity index is 0.000000806. The van der Waals surface area contributed by atoms with Crippen molar-refractivity contribution in [2.24, 2.45) is 0 Å². The molecular formula is C22H20IO3PS2. The molecule has 0 saturated heterocycles. The lowest BCUT2D eigenvalue weighted by Gasteiger charge is -2.35. The second kappa shape index (κ2) is 10.1. The lowest BCUT2D eigenvalue weighted by atomic mass is 9.99. The van der Waals surface area contributed by atoms with Crippen molar-refractivity contribution >= 4 is 50.6 Å². The van der Waals surface area contributed by atoms with Gasteiger partial charge in [-0.3, -0.25) is 0 Å². The van der Waals surface area contributed by atoms with Crippen molar-refractivity contribution < 1.29 is 15.0 Å². The van der Waals surface area contributed by atoms with Crippen LogP contribution in [0.5, 0.6) is 17.2 Å². The highest BCUT2D eigenvalue weighted by Crippen LogP contribution is 2.54. The van der Waals surface area contributed by atoms with E-state index in [0.717, 1.165) is 32.3 Å². The molecule has 0 radical (unpaired) electrons. The summed E-state index contributed by atoms with van der Waals surface area (Å²) in [4.78, 5) is 2.09. The van der Waals surface area contributed by atoms with E-state index in [1.165, 1.54) is 5.56 Å². The van der Waals surface area contributed by atoms with Gasteiger partial charge in [0.25, 0.3) is 1.43 Å². The highest BCUT2D eigenvalue weighted by molar-refractivity contribution is 14.2. The number of fused-ring (bicyclic) bond motifs is 1. The predicted octanol–water partition coefficient (Wildman–Crippen LogP) is 7.43. The summed E-state index contributed by atoms with van der Waals surface area (Å²) in [6, 6.07) is 19.0. The van der Waals surface area contributed by atoms with Crippen molar-refractivity contribution in [3.63, 3.8) is 0 Å². The number of halogens is 1. The number of aromatic hydroxyl groups is 2. The Bertz CT molecular complexity index is 1020. The van der Waals surface area contributed by atoms with E-state index in [0.29, 0.717) is 5.75 Å². The third-order valence-corrected chi connectivity index (χ3v) is 6.19. The average Bonchev–Trinajstić information content (AvgIpc) is 2.77. The smallest absolute Gasteiger partial charge is 0.293 e. The molecule has 0 amide bonds. The maximum absolute atomic E-state index is 9.66. The molecule has 7 heteroatoms. The highest BCUT2D eigenvalue weighted by Gasteiger charge is 2.34. The van der Waals surface area contributed by atoms with E-state index >= 15 is 0 Å². The molecule has 3 nitrogen and oxygen atoms in total. The Kier molecular flexibility index (Phi) is 7.29. The number of hydrogen-bond donors (Lipinski definition) is 2. The Morgan fingerprint density at radius 1 is 1.00 bits per heavy atom. The fourth-order valence-corrected chi connectivity index (χ4v) is 4.56. The van der Waals surface area contributed by atoms with Crippen molar-refractivity contribution in [3.05, 3.63) is 82.9 Å². The van der Waals surface area contributed by atoms with Crippen LogP contribution in [0, 0.1) is 13.8 Å². The van der Waals surface area contributed by atoms with E-state index in [4.69, 9.17) is 6.17 Å². The maximum atomic E-state index is 9.66. The molecule has 1 aliphatic rings. The second-order valence-corrected chi connectivity index (χ2v) is 11.9. The molecule has 3 aromatic carbocycles. The van der Waals surface area contributed by atoms with Crippen LogP contribution in [0.3, 0.4) is 0 Å². The molecular weight excluding hydrogens is 534 g/mol. The molecule has 1 aliphatic heterocycles. The first-order valence-electron chi connectivity index (χ1n) is 9.28. The zero-order chi connectivity index (χ0) is 21.7. The van der Waals surface area contributed by atoms with Crippen LogP contribution in [0.1, 0.15) is 33.6 Å². The molecule has 0 bridgehead atoms. The van der Waals surface area contributed by atoms with Crippen LogP contribution in [0.4, 0.5) is 0 Å². The van der Waals surface area contributed by atoms with Gasteiger partial charge in [-0.1, -0.05) is 30.3 Å².